The summed E-state index contributed by atoms with van der Waals surface area (Å²) in [5.41, 5.74) is 5.78. The van der Waals surface area contributed by atoms with E-state index in [1.807, 2.05) is 0 Å². The number of hydrogen-bond acceptors (Lipinski definition) is 1. The Morgan fingerprint density at radius 3 is 2.45 bits per heavy atom. The van der Waals surface area contributed by atoms with Crippen molar-refractivity contribution in [1.82, 2.24) is 3.80 Å². The molecule has 0 saturated heterocycles. The number of rotatable bonds is 4. The number of fused-ring (bicyclic) bond motifs is 5. The van der Waals surface area contributed by atoms with Crippen molar-refractivity contribution < 1.29 is 47.0 Å². The van der Waals surface area contributed by atoms with Crippen LogP contribution in [0.5, 0.6) is 0 Å². The molecule has 5 rings (SSSR count). The SMILES string of the molecule is C[SiH](C)[Ti+2]([NH]C(=O)C1CC2CCC1C2)[c]1cccc2c1Cc1ccccc1-2.[Cl-].[Cl-]. The van der Waals surface area contributed by atoms with Crippen LogP contribution in [0.15, 0.2) is 42.5 Å². The Kier molecular flexibility index (Phi) is 7.39. The minimum absolute atomic E-state index is 0. The number of carbonyl (C=O) groups excluding carboxylic acids is 1. The predicted molar refractivity (Wildman–Crippen MR) is 110 cm³/mol. The van der Waals surface area contributed by atoms with Crippen molar-refractivity contribution in [3.63, 3.8) is 0 Å². The molecule has 3 aliphatic rings. The normalized spacial score (nSPS) is 23.1. The number of carbonyl (C=O) groups is 1. The Balaban J connectivity index is 0.00000120. The minimum Gasteiger partial charge on any atom is -1.00 e. The number of halogens is 2. The first-order valence-corrected chi connectivity index (χ1v) is 17.7. The van der Waals surface area contributed by atoms with Crippen molar-refractivity contribution >= 4 is 16.4 Å². The Bertz CT molecular complexity index is 906. The van der Waals surface area contributed by atoms with Crippen LogP contribution in [0.1, 0.15) is 36.8 Å². The monoisotopic (exact) mass is 480 g/mol. The molecule has 0 radical (unpaired) electrons. The summed E-state index contributed by atoms with van der Waals surface area (Å²) >= 11 is -1.78. The number of hydrogen-bond donors (Lipinski definition) is 1. The van der Waals surface area contributed by atoms with Gasteiger partial charge in [0.2, 0.25) is 0 Å². The fourth-order valence-electron chi connectivity index (χ4n) is 5.72. The fraction of sp³-hybridized carbons (Fsp3) is 0.435. The van der Waals surface area contributed by atoms with Crippen molar-refractivity contribution in [2.75, 3.05) is 0 Å². The number of nitrogens with one attached hydrogen (secondary N) is 1. The summed E-state index contributed by atoms with van der Waals surface area (Å²) in [4.78, 5) is 13.2. The van der Waals surface area contributed by atoms with Gasteiger partial charge in [-0.25, -0.2) is 0 Å². The van der Waals surface area contributed by atoms with Crippen LogP contribution in [0, 0.1) is 17.8 Å². The molecule has 1 N–H and O–H groups in total. The van der Waals surface area contributed by atoms with Crippen LogP contribution < -0.4 is 32.5 Å². The molecule has 3 unspecified atom stereocenters. The van der Waals surface area contributed by atoms with E-state index in [9.17, 15) is 4.79 Å². The van der Waals surface area contributed by atoms with Crippen molar-refractivity contribution in [2.45, 2.75) is 45.2 Å². The van der Waals surface area contributed by atoms with Crippen molar-refractivity contribution in [3.05, 3.63) is 53.6 Å². The van der Waals surface area contributed by atoms with Gasteiger partial charge in [0, 0.05) is 0 Å². The molecule has 2 saturated carbocycles. The summed E-state index contributed by atoms with van der Waals surface area (Å²) < 4.78 is 5.25. The molecule has 3 aliphatic carbocycles. The van der Waals surface area contributed by atoms with Gasteiger partial charge >= 0.3 is 170 Å². The van der Waals surface area contributed by atoms with Crippen molar-refractivity contribution in [3.8, 4) is 11.1 Å². The van der Waals surface area contributed by atoms with Crippen LogP contribution in [-0.2, 0) is 28.6 Å². The first-order valence-electron chi connectivity index (χ1n) is 10.5. The van der Waals surface area contributed by atoms with Gasteiger partial charge in [-0.2, -0.15) is 0 Å². The second-order valence-corrected chi connectivity index (χ2v) is 21.6. The quantitative estimate of drug-likeness (QED) is 0.428. The molecule has 29 heavy (non-hydrogen) atoms. The topological polar surface area (TPSA) is 29.1 Å². The Morgan fingerprint density at radius 1 is 1.00 bits per heavy atom. The predicted octanol–water partition coefficient (Wildman–Crippen LogP) is -2.04. The largest absolute Gasteiger partial charge is 1.00 e. The van der Waals surface area contributed by atoms with E-state index in [2.05, 4.69) is 59.4 Å². The van der Waals surface area contributed by atoms with Crippen LogP contribution in [0.25, 0.3) is 11.1 Å². The number of amides is 1. The first kappa shape index (κ1) is 23.1. The van der Waals surface area contributed by atoms with E-state index in [4.69, 9.17) is 0 Å². The zero-order chi connectivity index (χ0) is 18.5. The van der Waals surface area contributed by atoms with Crippen LogP contribution in [-0.4, -0.2) is 12.6 Å². The zero-order valence-corrected chi connectivity index (χ0v) is 21.3. The Labute approximate surface area is 194 Å². The molecule has 2 bridgehead atoms. The maximum absolute atomic E-state index is 13.2. The van der Waals surface area contributed by atoms with Gasteiger partial charge in [0.15, 0.2) is 0 Å². The molecule has 0 aromatic heterocycles. The summed E-state index contributed by atoms with van der Waals surface area (Å²) in [6.45, 7) is 3.96. The van der Waals surface area contributed by atoms with E-state index in [1.54, 1.807) is 3.87 Å². The van der Waals surface area contributed by atoms with Gasteiger partial charge in [-0.15, -0.1) is 0 Å². The molecule has 0 heterocycles. The first-order chi connectivity index (χ1) is 13.1. The van der Waals surface area contributed by atoms with E-state index in [-0.39, 0.29) is 24.8 Å². The van der Waals surface area contributed by atoms with Gasteiger partial charge in [0.25, 0.3) is 0 Å². The molecule has 3 atom stereocenters. The van der Waals surface area contributed by atoms with Crippen LogP contribution in [0.3, 0.4) is 0 Å². The molecule has 0 spiro atoms. The standard InChI is InChI=1S/C13H9.C8H13NO.C2H7Si.2ClH.Ti/c1-3-7-12-10(5-1)9-11-6-2-4-8-13(11)12;9-8(10)7-4-5-1-2-6(7)3-5;1-3-2;;;/h1-5,7-8H,9H2;5-7H,1-4H2,(H2,9,10);3H,1-2H3;2*1H;/q;;;;;+3/p-3. The Morgan fingerprint density at radius 2 is 1.76 bits per heavy atom. The third kappa shape index (κ3) is 4.14. The summed E-state index contributed by atoms with van der Waals surface area (Å²) in [7, 11) is 0. The molecular weight excluding hydrogens is 453 g/mol. The van der Waals surface area contributed by atoms with Gasteiger partial charge < -0.3 is 24.8 Å². The van der Waals surface area contributed by atoms with Crippen LogP contribution in [0.4, 0.5) is 0 Å². The second-order valence-electron chi connectivity index (χ2n) is 9.00. The fourth-order valence-corrected chi connectivity index (χ4v) is 14.8. The minimum atomic E-state index is -1.78. The van der Waals surface area contributed by atoms with Gasteiger partial charge in [-0.05, 0) is 0 Å². The summed E-state index contributed by atoms with van der Waals surface area (Å²) in [5, 5.41) is 0. The molecule has 2 aromatic carbocycles. The molecule has 1 amide bonds. The molecule has 2 aromatic rings. The average Bonchev–Trinajstić information content (AvgIpc) is 3.39. The van der Waals surface area contributed by atoms with Gasteiger partial charge in [-0.1, -0.05) is 0 Å². The third-order valence-corrected chi connectivity index (χ3v) is 17.9. The summed E-state index contributed by atoms with van der Waals surface area (Å²) in [5.74, 6) is 2.23. The van der Waals surface area contributed by atoms with Crippen molar-refractivity contribution in [1.29, 1.82) is 0 Å². The average molecular weight is 481 g/mol. The van der Waals surface area contributed by atoms with Gasteiger partial charge in [-0.3, -0.25) is 0 Å². The van der Waals surface area contributed by atoms with E-state index >= 15 is 0 Å². The van der Waals surface area contributed by atoms with Crippen LogP contribution in [0.2, 0.25) is 13.1 Å². The van der Waals surface area contributed by atoms with E-state index in [1.165, 1.54) is 41.5 Å². The molecule has 6 heteroatoms. The van der Waals surface area contributed by atoms with Crippen molar-refractivity contribution in [2.24, 2.45) is 17.8 Å². The van der Waals surface area contributed by atoms with Gasteiger partial charge in [0.05, 0.1) is 0 Å². The summed E-state index contributed by atoms with van der Waals surface area (Å²) in [6, 6.07) is 15.7. The smallest absolute Gasteiger partial charge is 1.00 e. The maximum atomic E-state index is 13.2. The maximum Gasteiger partial charge on any atom is -1.00 e. The van der Waals surface area contributed by atoms with Crippen LogP contribution >= 0.6 is 0 Å². The van der Waals surface area contributed by atoms with E-state index in [0.717, 1.165) is 18.8 Å². The summed E-state index contributed by atoms with van der Waals surface area (Å²) in [6.07, 6.45) is 6.15. The van der Waals surface area contributed by atoms with Gasteiger partial charge in [0.1, 0.15) is 0 Å². The molecule has 153 valence electrons. The molecular formula is C23H28Cl2NOSiTi. The second kappa shape index (κ2) is 9.28. The third-order valence-electron chi connectivity index (χ3n) is 7.05. The molecule has 2 fully saturated rings. The molecule has 2 nitrogen and oxygen atoms in total. The number of benzene rings is 2. The van der Waals surface area contributed by atoms with E-state index in [0.29, 0.717) is 17.7 Å². The Hall–Kier alpha value is -0.579. The van der Waals surface area contributed by atoms with E-state index < -0.39 is 24.0 Å². The molecule has 0 aliphatic heterocycles. The zero-order valence-electron chi connectivity index (χ0n) is 17.1.